The van der Waals surface area contributed by atoms with E-state index >= 15 is 0 Å². The summed E-state index contributed by atoms with van der Waals surface area (Å²) in [4.78, 5) is 14.1. The number of thiophene rings is 1. The van der Waals surface area contributed by atoms with Gasteiger partial charge in [-0.1, -0.05) is 17.7 Å². The van der Waals surface area contributed by atoms with Gasteiger partial charge in [0.15, 0.2) is 0 Å². The molecule has 1 N–H and O–H groups in total. The summed E-state index contributed by atoms with van der Waals surface area (Å²) in [6.45, 7) is 3.73. The molecular formula is C15H15ClN2OS2. The average Bonchev–Trinajstić information content (AvgIpc) is 3.01. The lowest BCUT2D eigenvalue weighted by molar-refractivity contribution is -0.120. The minimum Gasteiger partial charge on any atom is -0.272 e. The fourth-order valence-corrected chi connectivity index (χ4v) is 3.20. The van der Waals surface area contributed by atoms with Crippen LogP contribution in [0.3, 0.4) is 0 Å². The van der Waals surface area contributed by atoms with Crippen LogP contribution in [0.5, 0.6) is 0 Å². The predicted molar refractivity (Wildman–Crippen MR) is 91.4 cm³/mol. The molecule has 0 saturated carbocycles. The third-order valence-electron chi connectivity index (χ3n) is 2.71. The molecule has 0 aliphatic carbocycles. The number of hydrogen-bond donors (Lipinski definition) is 1. The summed E-state index contributed by atoms with van der Waals surface area (Å²) >= 11 is 8.91. The van der Waals surface area contributed by atoms with Gasteiger partial charge in [-0.3, -0.25) is 4.79 Å². The number of amides is 1. The molecule has 2 aromatic rings. The van der Waals surface area contributed by atoms with Crippen molar-refractivity contribution in [3.05, 3.63) is 51.7 Å². The number of rotatable bonds is 5. The molecule has 0 bridgehead atoms. The van der Waals surface area contributed by atoms with Gasteiger partial charge in [0, 0.05) is 14.8 Å². The first-order valence-corrected chi connectivity index (χ1v) is 8.50. The molecule has 1 atom stereocenters. The van der Waals surface area contributed by atoms with Crippen molar-refractivity contribution in [3.8, 4) is 0 Å². The molecule has 0 unspecified atom stereocenters. The first kappa shape index (κ1) is 16.1. The molecule has 1 amide bonds. The second-order valence-electron chi connectivity index (χ2n) is 4.36. The topological polar surface area (TPSA) is 41.5 Å². The number of halogens is 1. The number of nitrogens with zero attached hydrogens (tertiary/aromatic N) is 1. The zero-order valence-corrected chi connectivity index (χ0v) is 14.1. The van der Waals surface area contributed by atoms with Crippen LogP contribution in [-0.2, 0) is 4.79 Å². The van der Waals surface area contributed by atoms with Crippen molar-refractivity contribution in [2.75, 3.05) is 0 Å². The normalized spacial score (nSPS) is 13.0. The summed E-state index contributed by atoms with van der Waals surface area (Å²) in [5.74, 6) is -0.120. The van der Waals surface area contributed by atoms with Gasteiger partial charge >= 0.3 is 0 Å². The second kappa shape index (κ2) is 7.64. The summed E-state index contributed by atoms with van der Waals surface area (Å²) in [5.41, 5.74) is 3.42. The van der Waals surface area contributed by atoms with E-state index in [-0.39, 0.29) is 11.2 Å². The molecule has 0 aliphatic rings. The van der Waals surface area contributed by atoms with Crippen LogP contribution in [0.15, 0.2) is 51.8 Å². The van der Waals surface area contributed by atoms with Crippen LogP contribution in [-0.4, -0.2) is 16.9 Å². The third-order valence-corrected chi connectivity index (χ3v) is 5.05. The van der Waals surface area contributed by atoms with Crippen molar-refractivity contribution in [2.24, 2.45) is 5.10 Å². The third kappa shape index (κ3) is 4.88. The van der Waals surface area contributed by atoms with Crippen LogP contribution < -0.4 is 5.43 Å². The lowest BCUT2D eigenvalue weighted by Gasteiger charge is -2.09. The Labute approximate surface area is 137 Å². The van der Waals surface area contributed by atoms with E-state index in [1.807, 2.05) is 55.6 Å². The van der Waals surface area contributed by atoms with Crippen molar-refractivity contribution in [1.29, 1.82) is 0 Å². The van der Waals surface area contributed by atoms with Gasteiger partial charge in [-0.2, -0.15) is 5.10 Å². The second-order valence-corrected chi connectivity index (χ2v) is 7.16. The zero-order chi connectivity index (χ0) is 15.2. The van der Waals surface area contributed by atoms with E-state index in [2.05, 4.69) is 10.5 Å². The van der Waals surface area contributed by atoms with Gasteiger partial charge in [-0.15, -0.1) is 23.1 Å². The molecule has 0 fully saturated rings. The van der Waals surface area contributed by atoms with Crippen LogP contribution in [0.1, 0.15) is 18.7 Å². The maximum atomic E-state index is 12.0. The Hall–Kier alpha value is -1.30. The lowest BCUT2D eigenvalue weighted by atomic mass is 10.3. The summed E-state index contributed by atoms with van der Waals surface area (Å²) in [6, 6.07) is 11.4. The molecule has 0 aliphatic heterocycles. The number of nitrogens with one attached hydrogen (secondary N) is 1. The first-order chi connectivity index (χ1) is 10.1. The summed E-state index contributed by atoms with van der Waals surface area (Å²) in [5, 5.41) is 6.57. The minimum absolute atomic E-state index is 0.120. The maximum absolute atomic E-state index is 12.0. The smallest absolute Gasteiger partial charge is 0.253 e. The van der Waals surface area contributed by atoms with Gasteiger partial charge in [-0.25, -0.2) is 5.43 Å². The molecule has 1 aromatic carbocycles. The van der Waals surface area contributed by atoms with Crippen molar-refractivity contribution in [3.63, 3.8) is 0 Å². The van der Waals surface area contributed by atoms with E-state index in [0.717, 1.165) is 15.5 Å². The first-order valence-electron chi connectivity index (χ1n) is 6.36. The van der Waals surface area contributed by atoms with Crippen molar-refractivity contribution < 1.29 is 4.79 Å². The molecule has 0 saturated heterocycles. The monoisotopic (exact) mass is 338 g/mol. The van der Waals surface area contributed by atoms with E-state index in [1.165, 1.54) is 11.8 Å². The minimum atomic E-state index is -0.230. The van der Waals surface area contributed by atoms with E-state index < -0.39 is 0 Å². The molecule has 0 spiro atoms. The Balaban J connectivity index is 1.90. The average molecular weight is 339 g/mol. The predicted octanol–water partition coefficient (Wildman–Crippen LogP) is 4.42. The van der Waals surface area contributed by atoms with Gasteiger partial charge in [0.1, 0.15) is 0 Å². The van der Waals surface area contributed by atoms with E-state index in [9.17, 15) is 4.79 Å². The summed E-state index contributed by atoms with van der Waals surface area (Å²) in [7, 11) is 0. The Morgan fingerprint density at radius 1 is 1.33 bits per heavy atom. The Morgan fingerprint density at radius 2 is 2.05 bits per heavy atom. The standard InChI is InChI=1S/C15H15ClN2OS2/c1-10(14-4-3-9-20-14)17-18-15(19)11(2)21-13-7-5-12(16)6-8-13/h3-9,11H,1-2H3,(H,18,19)/b17-10-/t11-/m1/s1. The highest BCUT2D eigenvalue weighted by atomic mass is 35.5. The van der Waals surface area contributed by atoms with Crippen LogP contribution >= 0.6 is 34.7 Å². The molecule has 110 valence electrons. The van der Waals surface area contributed by atoms with Crippen molar-refractivity contribution >= 4 is 46.3 Å². The Kier molecular flexibility index (Phi) is 5.85. The van der Waals surface area contributed by atoms with Gasteiger partial charge in [0.2, 0.25) is 0 Å². The SMILES string of the molecule is C/C(=N/NC(=O)[C@@H](C)Sc1ccc(Cl)cc1)c1cccs1. The molecule has 1 aromatic heterocycles. The molecule has 6 heteroatoms. The molecule has 1 heterocycles. The number of hydrazone groups is 1. The highest BCUT2D eigenvalue weighted by molar-refractivity contribution is 8.00. The van der Waals surface area contributed by atoms with Gasteiger partial charge in [-0.05, 0) is 49.6 Å². The number of thioether (sulfide) groups is 1. The van der Waals surface area contributed by atoms with Crippen molar-refractivity contribution in [1.82, 2.24) is 5.43 Å². The maximum Gasteiger partial charge on any atom is 0.253 e. The molecule has 0 radical (unpaired) electrons. The fraction of sp³-hybridized carbons (Fsp3) is 0.200. The van der Waals surface area contributed by atoms with Gasteiger partial charge in [0.25, 0.3) is 5.91 Å². The lowest BCUT2D eigenvalue weighted by Crippen LogP contribution is -2.27. The molecular weight excluding hydrogens is 324 g/mol. The largest absolute Gasteiger partial charge is 0.272 e. The molecule has 2 rings (SSSR count). The Morgan fingerprint density at radius 3 is 2.67 bits per heavy atom. The Bertz CT molecular complexity index is 624. The highest BCUT2D eigenvalue weighted by Crippen LogP contribution is 2.24. The van der Waals surface area contributed by atoms with Crippen LogP contribution in [0.2, 0.25) is 5.02 Å². The van der Waals surface area contributed by atoms with Crippen molar-refractivity contribution in [2.45, 2.75) is 24.0 Å². The van der Waals surface area contributed by atoms with E-state index in [4.69, 9.17) is 11.6 Å². The van der Waals surface area contributed by atoms with Gasteiger partial charge < -0.3 is 0 Å². The van der Waals surface area contributed by atoms with E-state index in [0.29, 0.717) is 5.02 Å². The summed E-state index contributed by atoms with van der Waals surface area (Å²) < 4.78 is 0. The number of carbonyl (C=O) groups excluding carboxylic acids is 1. The van der Waals surface area contributed by atoms with Crippen LogP contribution in [0.25, 0.3) is 0 Å². The van der Waals surface area contributed by atoms with Crippen LogP contribution in [0.4, 0.5) is 0 Å². The number of carbonyl (C=O) groups is 1. The fourth-order valence-electron chi connectivity index (χ4n) is 1.54. The number of hydrogen-bond acceptors (Lipinski definition) is 4. The molecule has 21 heavy (non-hydrogen) atoms. The highest BCUT2D eigenvalue weighted by Gasteiger charge is 2.14. The van der Waals surface area contributed by atoms with Gasteiger partial charge in [0.05, 0.1) is 11.0 Å². The quantitative estimate of drug-likeness (QED) is 0.498. The summed E-state index contributed by atoms with van der Waals surface area (Å²) in [6.07, 6.45) is 0. The zero-order valence-electron chi connectivity index (χ0n) is 11.7. The van der Waals surface area contributed by atoms with E-state index in [1.54, 1.807) is 11.3 Å². The molecule has 3 nitrogen and oxygen atoms in total. The number of benzene rings is 1. The van der Waals surface area contributed by atoms with Crippen LogP contribution in [0, 0.1) is 0 Å².